The smallest absolute Gasteiger partial charge is 0.253 e. The van der Waals surface area contributed by atoms with Crippen molar-refractivity contribution in [1.29, 1.82) is 0 Å². The minimum absolute atomic E-state index is 0.0115. The molecule has 11 nitrogen and oxygen atoms in total. The van der Waals surface area contributed by atoms with Crippen LogP contribution in [-0.4, -0.2) is 62.6 Å². The highest BCUT2D eigenvalue weighted by molar-refractivity contribution is 6.15. The fraction of sp³-hybridized carbons (Fsp3) is 0.346. The zero-order chi connectivity index (χ0) is 26.6. The van der Waals surface area contributed by atoms with Gasteiger partial charge in [-0.1, -0.05) is 0 Å². The number of aromatic hydroxyl groups is 1. The van der Waals surface area contributed by atoms with E-state index in [-0.39, 0.29) is 29.1 Å². The Bertz CT molecular complexity index is 1480. The van der Waals surface area contributed by atoms with E-state index < -0.39 is 46.2 Å². The van der Waals surface area contributed by atoms with Crippen molar-refractivity contribution >= 4 is 23.2 Å². The Balaban J connectivity index is 1.54. The van der Waals surface area contributed by atoms with Crippen LogP contribution in [0.3, 0.4) is 0 Å². The predicted molar refractivity (Wildman–Crippen MR) is 132 cm³/mol. The zero-order valence-corrected chi connectivity index (χ0v) is 20.1. The van der Waals surface area contributed by atoms with Crippen molar-refractivity contribution in [3.63, 3.8) is 0 Å². The van der Waals surface area contributed by atoms with Gasteiger partial charge in [-0.05, 0) is 42.5 Å². The molecule has 3 aliphatic carbocycles. The molecule has 4 aliphatic rings. The van der Waals surface area contributed by atoms with Gasteiger partial charge >= 0.3 is 0 Å². The van der Waals surface area contributed by atoms with E-state index in [1.807, 2.05) is 19.0 Å². The molecule has 8 N–H and O–H groups in total. The number of fused-ring (bicyclic) bond motifs is 2. The third-order valence-electron chi connectivity index (χ3n) is 8.13. The summed E-state index contributed by atoms with van der Waals surface area (Å²) in [5, 5.41) is 44.4. The van der Waals surface area contributed by atoms with E-state index in [4.69, 9.17) is 16.2 Å². The number of benzene rings is 1. The van der Waals surface area contributed by atoms with Gasteiger partial charge in [-0.3, -0.25) is 9.59 Å². The molecule has 1 saturated heterocycles. The number of primary amides is 1. The predicted octanol–water partition coefficient (Wildman–Crippen LogP) is 1.45. The Morgan fingerprint density at radius 1 is 1.22 bits per heavy atom. The van der Waals surface area contributed by atoms with E-state index in [9.17, 15) is 30.0 Å². The average molecular weight is 507 g/mol. The molecule has 1 aliphatic heterocycles. The number of rotatable bonds is 3. The van der Waals surface area contributed by atoms with Crippen LogP contribution in [0.15, 0.2) is 47.1 Å². The number of pyridine rings is 1. The van der Waals surface area contributed by atoms with Crippen LogP contribution in [0.1, 0.15) is 28.8 Å². The average Bonchev–Trinajstić information content (AvgIpc) is 3.45. The van der Waals surface area contributed by atoms with Crippen LogP contribution in [0.2, 0.25) is 0 Å². The molecule has 1 aromatic heterocycles. The number of aliphatic hydroxyl groups excluding tert-OH is 2. The lowest BCUT2D eigenvalue weighted by Crippen LogP contribution is -2.49. The van der Waals surface area contributed by atoms with Gasteiger partial charge in [0.1, 0.15) is 28.7 Å². The van der Waals surface area contributed by atoms with E-state index in [2.05, 4.69) is 4.98 Å². The van der Waals surface area contributed by atoms with Gasteiger partial charge in [0, 0.05) is 55.0 Å². The monoisotopic (exact) mass is 506 g/mol. The van der Waals surface area contributed by atoms with Crippen molar-refractivity contribution in [3.8, 4) is 16.9 Å². The Kier molecular flexibility index (Phi) is 4.56. The van der Waals surface area contributed by atoms with Crippen LogP contribution in [0.5, 0.6) is 5.75 Å². The molecule has 0 saturated carbocycles. The standard InChI is InChI=1S/C26H26N4O7/c1-30(2)15-8-13(10-3-4-17(27)29-9-10)21(32)19-14(15)6-11-5-12-7-16(31)20(24(28)35)26(36)25(12,37-26)23(34)18(11)22(19)33/h3-4,8-9,11-12,31-32,34,36H,5-7H2,1-2H3,(H2,27,29)(H2,28,35)/t11?,12?,25-,26?/m0/s1. The highest BCUT2D eigenvalue weighted by Crippen LogP contribution is 2.68. The number of aromatic nitrogens is 1. The summed E-state index contributed by atoms with van der Waals surface area (Å²) in [7, 11) is 3.66. The lowest BCUT2D eigenvalue weighted by molar-refractivity contribution is -0.117. The number of amides is 1. The molecule has 2 heterocycles. The first kappa shape index (κ1) is 23.3. The first-order chi connectivity index (χ1) is 17.4. The lowest BCUT2D eigenvalue weighted by atomic mass is 9.61. The number of phenolic OH excluding ortho intramolecular Hbond substituents is 1. The van der Waals surface area contributed by atoms with Crippen molar-refractivity contribution in [2.75, 3.05) is 24.7 Å². The van der Waals surface area contributed by atoms with Crippen LogP contribution in [0, 0.1) is 11.8 Å². The molecule has 1 aromatic carbocycles. The molecule has 11 heteroatoms. The Morgan fingerprint density at radius 2 is 1.95 bits per heavy atom. The van der Waals surface area contributed by atoms with E-state index in [0.29, 0.717) is 41.0 Å². The van der Waals surface area contributed by atoms with Crippen molar-refractivity contribution < 1.29 is 34.8 Å². The fourth-order valence-corrected chi connectivity index (χ4v) is 6.49. The lowest BCUT2D eigenvalue weighted by Gasteiger charge is -2.41. The first-order valence-corrected chi connectivity index (χ1v) is 11.8. The van der Waals surface area contributed by atoms with Crippen LogP contribution in [0.4, 0.5) is 11.5 Å². The summed E-state index contributed by atoms with van der Waals surface area (Å²) in [6.07, 6.45) is 2.06. The minimum atomic E-state index is -2.33. The molecule has 1 spiro atoms. The Hall–Kier alpha value is -4.09. The molecule has 1 amide bonds. The molecule has 192 valence electrons. The topological polar surface area (TPSA) is 196 Å². The maximum Gasteiger partial charge on any atom is 0.253 e. The number of aliphatic hydroxyl groups is 3. The molecule has 6 rings (SSSR count). The van der Waals surface area contributed by atoms with Crippen molar-refractivity contribution in [3.05, 3.63) is 58.2 Å². The summed E-state index contributed by atoms with van der Waals surface area (Å²) < 4.78 is 5.58. The fourth-order valence-electron chi connectivity index (χ4n) is 6.49. The third-order valence-corrected chi connectivity index (χ3v) is 8.13. The number of nitrogens with zero attached hydrogens (tertiary/aromatic N) is 2. The Labute approximate surface area is 211 Å². The summed E-state index contributed by atoms with van der Waals surface area (Å²) in [4.78, 5) is 31.9. The molecule has 4 atom stereocenters. The number of carbonyl (C=O) groups excluding carboxylic acids is 2. The number of ether oxygens (including phenoxy) is 1. The number of epoxide rings is 1. The summed E-state index contributed by atoms with van der Waals surface area (Å²) in [6, 6.07) is 5.05. The number of nitrogens with two attached hydrogens (primary N) is 2. The number of hydrogen-bond acceptors (Lipinski definition) is 10. The quantitative estimate of drug-likeness (QED) is 0.331. The molecular weight excluding hydrogens is 480 g/mol. The second-order valence-electron chi connectivity index (χ2n) is 10.3. The summed E-state index contributed by atoms with van der Waals surface area (Å²) in [6.45, 7) is 0. The minimum Gasteiger partial charge on any atom is -0.512 e. The number of carbonyl (C=O) groups is 2. The summed E-state index contributed by atoms with van der Waals surface area (Å²) in [5.74, 6) is -5.91. The molecule has 0 bridgehead atoms. The van der Waals surface area contributed by atoms with E-state index >= 15 is 0 Å². The van der Waals surface area contributed by atoms with Crippen molar-refractivity contribution in [1.82, 2.24) is 4.98 Å². The van der Waals surface area contributed by atoms with Crippen molar-refractivity contribution in [2.45, 2.75) is 30.7 Å². The molecule has 1 fully saturated rings. The molecular formula is C26H26N4O7. The van der Waals surface area contributed by atoms with Crippen LogP contribution >= 0.6 is 0 Å². The second kappa shape index (κ2) is 7.24. The van der Waals surface area contributed by atoms with Gasteiger partial charge in [-0.25, -0.2) is 4.98 Å². The maximum atomic E-state index is 14.0. The van der Waals surface area contributed by atoms with Gasteiger partial charge < -0.3 is 41.5 Å². The highest BCUT2D eigenvalue weighted by atomic mass is 16.8. The Morgan fingerprint density at radius 3 is 2.57 bits per heavy atom. The second-order valence-corrected chi connectivity index (χ2v) is 10.3. The van der Waals surface area contributed by atoms with Gasteiger partial charge in [0.05, 0.1) is 5.56 Å². The number of ketones is 1. The first-order valence-electron chi connectivity index (χ1n) is 11.8. The molecule has 3 unspecified atom stereocenters. The van der Waals surface area contributed by atoms with E-state index in [1.54, 1.807) is 18.2 Å². The normalized spacial score (nSPS) is 29.8. The van der Waals surface area contributed by atoms with Gasteiger partial charge in [-0.15, -0.1) is 0 Å². The van der Waals surface area contributed by atoms with Crippen molar-refractivity contribution in [2.24, 2.45) is 17.6 Å². The van der Waals surface area contributed by atoms with E-state index in [0.717, 1.165) is 0 Å². The van der Waals surface area contributed by atoms with Crippen LogP contribution < -0.4 is 16.4 Å². The summed E-state index contributed by atoms with van der Waals surface area (Å²) in [5.41, 5.74) is 11.1. The SMILES string of the molecule is CN(C)c1cc(-c2ccc(N)nc2)c(O)c2c1CC1CC3CC(O)=C(C(N)=O)C4(O)O[C@]34C(O)=C1C2=O. The van der Waals surface area contributed by atoms with E-state index in [1.165, 1.54) is 6.20 Å². The highest BCUT2D eigenvalue weighted by Gasteiger charge is 2.82. The molecule has 2 aromatic rings. The van der Waals surface area contributed by atoms with Gasteiger partial charge in [0.2, 0.25) is 5.79 Å². The maximum absolute atomic E-state index is 14.0. The number of anilines is 2. The molecule has 37 heavy (non-hydrogen) atoms. The number of phenols is 1. The van der Waals surface area contributed by atoms with Gasteiger partial charge in [-0.2, -0.15) is 0 Å². The summed E-state index contributed by atoms with van der Waals surface area (Å²) >= 11 is 0. The number of allylic oxidation sites excluding steroid dienone is 2. The van der Waals surface area contributed by atoms with Gasteiger partial charge in [0.25, 0.3) is 5.91 Å². The van der Waals surface area contributed by atoms with Crippen LogP contribution in [0.25, 0.3) is 11.1 Å². The third kappa shape index (κ3) is 2.80. The number of Topliss-reactive ketones (excluding diaryl/α,β-unsaturated/α-hetero) is 1. The largest absolute Gasteiger partial charge is 0.512 e. The number of nitrogen functional groups attached to an aromatic ring is 1. The van der Waals surface area contributed by atoms with Crippen LogP contribution in [-0.2, 0) is 16.0 Å². The number of hydrogen-bond donors (Lipinski definition) is 6. The molecule has 0 radical (unpaired) electrons. The zero-order valence-electron chi connectivity index (χ0n) is 20.1. The van der Waals surface area contributed by atoms with Gasteiger partial charge in [0.15, 0.2) is 11.4 Å².